The molecule has 30 heavy (non-hydrogen) atoms. The lowest BCUT2D eigenvalue weighted by molar-refractivity contribution is 0.102. The molecule has 2 atom stereocenters. The Balaban J connectivity index is 1.60. The van der Waals surface area contributed by atoms with E-state index >= 15 is 0 Å². The van der Waals surface area contributed by atoms with Gasteiger partial charge < -0.3 is 13.7 Å². The molecule has 0 aliphatic rings. The number of benzene rings is 1. The van der Waals surface area contributed by atoms with Crippen LogP contribution >= 0.6 is 11.8 Å². The van der Waals surface area contributed by atoms with Crippen LogP contribution < -0.4 is 0 Å². The van der Waals surface area contributed by atoms with Crippen LogP contribution in [0.15, 0.2) is 46.0 Å². The van der Waals surface area contributed by atoms with Crippen LogP contribution in [-0.4, -0.2) is 40.0 Å². The third kappa shape index (κ3) is 5.21. The Hall–Kier alpha value is -2.38. The fraction of sp³-hybridized carbons (Fsp3) is 0.435. The first-order valence-corrected chi connectivity index (χ1v) is 11.1. The average molecular weight is 428 g/mol. The van der Waals surface area contributed by atoms with Crippen molar-refractivity contribution in [1.82, 2.24) is 14.8 Å². The highest BCUT2D eigenvalue weighted by Gasteiger charge is 2.20. The van der Waals surface area contributed by atoms with Gasteiger partial charge in [-0.3, -0.25) is 4.79 Å². The first-order valence-electron chi connectivity index (χ1n) is 10.1. The molecule has 0 aliphatic carbocycles. The second kappa shape index (κ2) is 10.1. The molecule has 0 bridgehead atoms. The molecular weight excluding hydrogens is 398 g/mol. The molecule has 2 heterocycles. The molecule has 2 unspecified atom stereocenters. The van der Waals surface area contributed by atoms with E-state index in [0.717, 1.165) is 17.0 Å². The molecule has 0 spiro atoms. The van der Waals surface area contributed by atoms with Crippen LogP contribution in [0.3, 0.4) is 0 Å². The van der Waals surface area contributed by atoms with Crippen molar-refractivity contribution >= 4 is 17.5 Å². The van der Waals surface area contributed by atoms with Crippen LogP contribution in [-0.2, 0) is 11.2 Å². The van der Waals surface area contributed by atoms with Crippen molar-refractivity contribution in [2.24, 2.45) is 0 Å². The van der Waals surface area contributed by atoms with Crippen LogP contribution in [0.2, 0.25) is 0 Å². The van der Waals surface area contributed by atoms with Crippen molar-refractivity contribution in [3.63, 3.8) is 0 Å². The van der Waals surface area contributed by atoms with E-state index in [9.17, 15) is 4.79 Å². The van der Waals surface area contributed by atoms with Gasteiger partial charge in [-0.05, 0) is 38.3 Å². The van der Waals surface area contributed by atoms with E-state index < -0.39 is 0 Å². The van der Waals surface area contributed by atoms with E-state index in [1.165, 1.54) is 17.3 Å². The fourth-order valence-corrected chi connectivity index (χ4v) is 4.46. The van der Waals surface area contributed by atoms with E-state index in [4.69, 9.17) is 9.15 Å². The molecule has 0 fully saturated rings. The molecule has 0 radical (unpaired) electrons. The van der Waals surface area contributed by atoms with E-state index in [1.54, 1.807) is 7.11 Å². The zero-order chi connectivity index (χ0) is 21.7. The second-order valence-electron chi connectivity index (χ2n) is 7.65. The summed E-state index contributed by atoms with van der Waals surface area (Å²) in [6.07, 6.45) is 0.671. The van der Waals surface area contributed by atoms with E-state index in [2.05, 4.69) is 40.7 Å². The lowest BCUT2D eigenvalue weighted by atomic mass is 9.98. The third-order valence-corrected chi connectivity index (χ3v) is 6.08. The van der Waals surface area contributed by atoms with E-state index in [-0.39, 0.29) is 23.5 Å². The smallest absolute Gasteiger partial charge is 0.277 e. The third-order valence-electron chi connectivity index (χ3n) is 5.26. The van der Waals surface area contributed by atoms with Crippen molar-refractivity contribution in [2.75, 3.05) is 19.5 Å². The Kier molecular flexibility index (Phi) is 7.50. The molecule has 0 saturated heterocycles. The molecule has 3 aromatic rings. The molecule has 0 saturated carbocycles. The maximum atomic E-state index is 12.8. The Bertz CT molecular complexity index is 981. The van der Waals surface area contributed by atoms with Crippen LogP contribution in [0.5, 0.6) is 0 Å². The lowest BCUT2D eigenvalue weighted by Crippen LogP contribution is -2.14. The molecule has 160 valence electrons. The van der Waals surface area contributed by atoms with Crippen molar-refractivity contribution in [2.45, 2.75) is 51.3 Å². The number of carbonyl (C=O) groups excluding carboxylic acids is 1. The van der Waals surface area contributed by atoms with Crippen molar-refractivity contribution in [3.8, 4) is 0 Å². The lowest BCUT2D eigenvalue weighted by Gasteiger charge is -2.17. The summed E-state index contributed by atoms with van der Waals surface area (Å²) >= 11 is 1.29. The van der Waals surface area contributed by atoms with Gasteiger partial charge in [-0.1, -0.05) is 49.0 Å². The number of nitrogens with zero attached hydrogens (tertiary/aromatic N) is 3. The van der Waals surface area contributed by atoms with Crippen LogP contribution in [0.25, 0.3) is 0 Å². The van der Waals surface area contributed by atoms with Gasteiger partial charge in [-0.15, -0.1) is 10.2 Å². The van der Waals surface area contributed by atoms with Gasteiger partial charge >= 0.3 is 0 Å². The van der Waals surface area contributed by atoms with Crippen molar-refractivity contribution in [3.05, 3.63) is 64.8 Å². The number of hydrogen-bond acceptors (Lipinski definition) is 6. The maximum absolute atomic E-state index is 12.8. The van der Waals surface area contributed by atoms with Gasteiger partial charge in [0.1, 0.15) is 0 Å². The molecule has 3 rings (SSSR count). The summed E-state index contributed by atoms with van der Waals surface area (Å²) in [5, 5.41) is 8.67. The van der Waals surface area contributed by atoms with Gasteiger partial charge in [0.25, 0.3) is 5.22 Å². The number of ether oxygens (including phenoxy) is 1. The summed E-state index contributed by atoms with van der Waals surface area (Å²) in [5.74, 6) is 1.19. The Morgan fingerprint density at radius 1 is 1.20 bits per heavy atom. The van der Waals surface area contributed by atoms with E-state index in [1.807, 2.05) is 38.1 Å². The van der Waals surface area contributed by atoms with Crippen LogP contribution in [0.4, 0.5) is 0 Å². The zero-order valence-electron chi connectivity index (χ0n) is 18.2. The van der Waals surface area contributed by atoms with Gasteiger partial charge in [-0.2, -0.15) is 0 Å². The van der Waals surface area contributed by atoms with Gasteiger partial charge in [0, 0.05) is 30.5 Å². The Morgan fingerprint density at radius 2 is 1.93 bits per heavy atom. The predicted octanol–water partition coefficient (Wildman–Crippen LogP) is 5.02. The summed E-state index contributed by atoms with van der Waals surface area (Å²) in [5.41, 5.74) is 3.99. The molecular formula is C23H29N3O3S. The summed E-state index contributed by atoms with van der Waals surface area (Å²) in [4.78, 5) is 12.8. The normalized spacial score (nSPS) is 13.4. The molecule has 7 heteroatoms. The number of rotatable bonds is 10. The van der Waals surface area contributed by atoms with Gasteiger partial charge in [0.15, 0.2) is 5.78 Å². The quantitative estimate of drug-likeness (QED) is 0.334. The minimum absolute atomic E-state index is 0.0568. The Morgan fingerprint density at radius 3 is 2.63 bits per heavy atom. The second-order valence-corrected chi connectivity index (χ2v) is 8.58. The molecule has 0 N–H and O–H groups in total. The highest BCUT2D eigenvalue weighted by Crippen LogP contribution is 2.25. The minimum atomic E-state index is 0.0568. The molecule has 0 aliphatic heterocycles. The summed E-state index contributed by atoms with van der Waals surface area (Å²) in [6, 6.07) is 12.4. The van der Waals surface area contributed by atoms with Gasteiger partial charge in [0.05, 0.1) is 18.4 Å². The predicted molar refractivity (Wildman–Crippen MR) is 118 cm³/mol. The van der Waals surface area contributed by atoms with Crippen LogP contribution in [0, 0.1) is 13.8 Å². The van der Waals surface area contributed by atoms with Gasteiger partial charge in [-0.25, -0.2) is 0 Å². The number of thioether (sulfide) groups is 1. The number of methoxy groups -OCH3 is 1. The SMILES string of the molecule is COCC(C)n1c(C)cc(C(=O)CSc2nnc(CC(C)c3ccccc3)o2)c1C. The number of hydrogen-bond donors (Lipinski definition) is 0. The number of ketones is 1. The summed E-state index contributed by atoms with van der Waals surface area (Å²) in [6.45, 7) is 8.82. The highest BCUT2D eigenvalue weighted by molar-refractivity contribution is 7.99. The van der Waals surface area contributed by atoms with Crippen LogP contribution in [0.1, 0.15) is 59.0 Å². The Labute approximate surface area is 182 Å². The monoisotopic (exact) mass is 427 g/mol. The average Bonchev–Trinajstić information content (AvgIpc) is 3.30. The number of Topliss-reactive ketones (excluding diaryl/α,β-unsaturated/α-hetero) is 1. The molecule has 6 nitrogen and oxygen atoms in total. The van der Waals surface area contributed by atoms with Gasteiger partial charge in [0.2, 0.25) is 5.89 Å². The first kappa shape index (κ1) is 22.3. The standard InChI is InChI=1S/C23H29N3O3S/c1-15(19-9-7-6-8-10-19)11-22-24-25-23(29-22)30-14-21(27)20-12-16(2)26(18(20)4)17(3)13-28-5/h6-10,12,15,17H,11,13-14H2,1-5H3. The minimum Gasteiger partial charge on any atom is -0.416 e. The molecule has 0 amide bonds. The fourth-order valence-electron chi connectivity index (χ4n) is 3.80. The number of aryl methyl sites for hydroxylation is 1. The summed E-state index contributed by atoms with van der Waals surface area (Å²) < 4.78 is 13.2. The molecule has 2 aromatic heterocycles. The largest absolute Gasteiger partial charge is 0.416 e. The number of aromatic nitrogens is 3. The van der Waals surface area contributed by atoms with Crippen molar-refractivity contribution < 1.29 is 13.9 Å². The molecule has 1 aromatic carbocycles. The van der Waals surface area contributed by atoms with E-state index in [0.29, 0.717) is 24.1 Å². The zero-order valence-corrected chi connectivity index (χ0v) is 19.0. The first-order chi connectivity index (χ1) is 14.4. The highest BCUT2D eigenvalue weighted by atomic mass is 32.2. The van der Waals surface area contributed by atoms with Crippen molar-refractivity contribution in [1.29, 1.82) is 0 Å². The maximum Gasteiger partial charge on any atom is 0.277 e. The topological polar surface area (TPSA) is 70.2 Å². The number of carbonyl (C=O) groups is 1. The summed E-state index contributed by atoms with van der Waals surface area (Å²) in [7, 11) is 1.69.